The lowest BCUT2D eigenvalue weighted by Crippen LogP contribution is -2.45. The van der Waals surface area contributed by atoms with Gasteiger partial charge in [0.15, 0.2) is 5.16 Å². The predicted molar refractivity (Wildman–Crippen MR) is 111 cm³/mol. The number of hydrogen-bond donors (Lipinski definition) is 0. The molecule has 0 spiro atoms. The largest absolute Gasteiger partial charge is 0.375 e. The summed E-state index contributed by atoms with van der Waals surface area (Å²) in [6.45, 7) is 8.45. The second-order valence-corrected chi connectivity index (χ2v) is 9.03. The number of fused-ring (bicyclic) bond motifs is 1. The van der Waals surface area contributed by atoms with E-state index in [0.717, 1.165) is 4.47 Å². The molecule has 1 aliphatic rings. The lowest BCUT2D eigenvalue weighted by molar-refractivity contribution is -0.135. The van der Waals surface area contributed by atoms with Crippen LogP contribution in [0.15, 0.2) is 32.6 Å². The zero-order valence-corrected chi connectivity index (χ0v) is 18.2. The number of aromatic nitrogens is 2. The normalized spacial score (nSPS) is 17.7. The van der Waals surface area contributed by atoms with Crippen molar-refractivity contribution in [3.05, 3.63) is 33.0 Å². The van der Waals surface area contributed by atoms with Crippen LogP contribution in [0.2, 0.25) is 0 Å². The van der Waals surface area contributed by atoms with Gasteiger partial charge in [-0.3, -0.25) is 14.2 Å². The number of carbonyl (C=O) groups is 1. The zero-order valence-electron chi connectivity index (χ0n) is 15.8. The van der Waals surface area contributed by atoms with Crippen LogP contribution in [0.1, 0.15) is 20.8 Å². The summed E-state index contributed by atoms with van der Waals surface area (Å²) >= 11 is 4.75. The van der Waals surface area contributed by atoms with Gasteiger partial charge in [0, 0.05) is 24.1 Å². The van der Waals surface area contributed by atoms with Crippen molar-refractivity contribution >= 4 is 44.5 Å². The average Bonchev–Trinajstić information content (AvgIpc) is 2.62. The predicted octanol–water partition coefficient (Wildman–Crippen LogP) is 3.15. The van der Waals surface area contributed by atoms with Crippen LogP contribution in [-0.2, 0) is 16.1 Å². The molecule has 0 bridgehead atoms. The van der Waals surface area contributed by atoms with E-state index in [1.54, 1.807) is 10.6 Å². The van der Waals surface area contributed by atoms with Gasteiger partial charge >= 0.3 is 0 Å². The number of rotatable bonds is 5. The molecule has 8 heteroatoms. The van der Waals surface area contributed by atoms with E-state index in [9.17, 15) is 9.59 Å². The van der Waals surface area contributed by atoms with Crippen molar-refractivity contribution in [1.29, 1.82) is 0 Å². The molecule has 1 unspecified atom stereocenters. The molecule has 27 heavy (non-hydrogen) atoms. The van der Waals surface area contributed by atoms with Crippen LogP contribution in [0, 0.1) is 5.92 Å². The Bertz CT molecular complexity index is 900. The Hall–Kier alpha value is -1.38. The third-order valence-corrected chi connectivity index (χ3v) is 5.80. The van der Waals surface area contributed by atoms with Gasteiger partial charge in [-0.15, -0.1) is 0 Å². The lowest BCUT2D eigenvalue weighted by atomic mass is 10.2. The molecule has 1 aromatic carbocycles. The monoisotopic (exact) mass is 453 g/mol. The number of nitrogens with zero attached hydrogens (tertiary/aromatic N) is 3. The maximum atomic E-state index is 13.0. The van der Waals surface area contributed by atoms with E-state index < -0.39 is 0 Å². The average molecular weight is 454 g/mol. The van der Waals surface area contributed by atoms with Crippen LogP contribution in [0.5, 0.6) is 0 Å². The molecule has 3 rings (SSSR count). The van der Waals surface area contributed by atoms with Gasteiger partial charge in [0.1, 0.15) is 0 Å². The Morgan fingerprint density at radius 2 is 2.22 bits per heavy atom. The van der Waals surface area contributed by atoms with Crippen LogP contribution in [-0.4, -0.2) is 51.9 Å². The van der Waals surface area contributed by atoms with Crippen molar-refractivity contribution < 1.29 is 9.53 Å². The van der Waals surface area contributed by atoms with Crippen LogP contribution < -0.4 is 5.56 Å². The molecule has 0 aliphatic carbocycles. The van der Waals surface area contributed by atoms with E-state index in [1.807, 2.05) is 24.0 Å². The molecule has 0 N–H and O–H groups in total. The van der Waals surface area contributed by atoms with Gasteiger partial charge in [0.2, 0.25) is 5.91 Å². The van der Waals surface area contributed by atoms with E-state index >= 15 is 0 Å². The third kappa shape index (κ3) is 4.92. The molecule has 1 atom stereocenters. The number of morpholine rings is 1. The van der Waals surface area contributed by atoms with Gasteiger partial charge in [-0.2, -0.15) is 0 Å². The summed E-state index contributed by atoms with van der Waals surface area (Å²) in [5.41, 5.74) is 0.586. The first-order chi connectivity index (χ1) is 12.8. The van der Waals surface area contributed by atoms with Crippen molar-refractivity contribution in [2.75, 3.05) is 25.4 Å². The van der Waals surface area contributed by atoms with Gasteiger partial charge in [-0.05, 0) is 31.0 Å². The van der Waals surface area contributed by atoms with Gasteiger partial charge < -0.3 is 9.64 Å². The maximum Gasteiger partial charge on any atom is 0.262 e. The first-order valence-electron chi connectivity index (χ1n) is 9.07. The molecule has 1 amide bonds. The quantitative estimate of drug-likeness (QED) is 0.513. The second-order valence-electron chi connectivity index (χ2n) is 7.18. The fourth-order valence-corrected chi connectivity index (χ4v) is 4.34. The van der Waals surface area contributed by atoms with E-state index in [1.165, 1.54) is 11.8 Å². The fourth-order valence-electron chi connectivity index (χ4n) is 3.07. The molecule has 1 fully saturated rings. The number of thioether (sulfide) groups is 1. The summed E-state index contributed by atoms with van der Waals surface area (Å²) in [7, 11) is 0. The molecule has 1 saturated heterocycles. The summed E-state index contributed by atoms with van der Waals surface area (Å²) in [6.07, 6.45) is 0.0593. The summed E-state index contributed by atoms with van der Waals surface area (Å²) in [5, 5.41) is 1.18. The topological polar surface area (TPSA) is 64.4 Å². The van der Waals surface area contributed by atoms with Crippen molar-refractivity contribution in [1.82, 2.24) is 14.5 Å². The van der Waals surface area contributed by atoms with Crippen molar-refractivity contribution in [3.8, 4) is 0 Å². The number of amides is 1. The van der Waals surface area contributed by atoms with E-state index in [4.69, 9.17) is 4.74 Å². The summed E-state index contributed by atoms with van der Waals surface area (Å²) in [6, 6.07) is 5.50. The Morgan fingerprint density at radius 3 is 2.93 bits per heavy atom. The zero-order chi connectivity index (χ0) is 19.6. The van der Waals surface area contributed by atoms with Crippen LogP contribution in [0.25, 0.3) is 10.9 Å². The Labute approximate surface area is 171 Å². The minimum Gasteiger partial charge on any atom is -0.375 e. The van der Waals surface area contributed by atoms with Crippen molar-refractivity contribution in [2.45, 2.75) is 38.6 Å². The molecule has 0 radical (unpaired) electrons. The molecule has 2 aromatic rings. The minimum atomic E-state index is -0.0649. The smallest absolute Gasteiger partial charge is 0.262 e. The first kappa shape index (κ1) is 20.4. The van der Waals surface area contributed by atoms with Gasteiger partial charge in [-0.1, -0.05) is 41.5 Å². The van der Waals surface area contributed by atoms with E-state index in [0.29, 0.717) is 48.2 Å². The highest BCUT2D eigenvalue weighted by Crippen LogP contribution is 2.22. The van der Waals surface area contributed by atoms with Gasteiger partial charge in [-0.25, -0.2) is 4.98 Å². The second kappa shape index (κ2) is 8.75. The number of benzene rings is 1. The van der Waals surface area contributed by atoms with Crippen LogP contribution in [0.3, 0.4) is 0 Å². The van der Waals surface area contributed by atoms with E-state index in [-0.39, 0.29) is 23.3 Å². The Balaban J connectivity index is 1.87. The molecule has 146 valence electrons. The molecule has 6 nitrogen and oxygen atoms in total. The Morgan fingerprint density at radius 1 is 1.44 bits per heavy atom. The minimum absolute atomic E-state index is 0.0522. The fraction of sp³-hybridized carbons (Fsp3) is 0.526. The number of halogens is 1. The molecule has 1 aliphatic heterocycles. The number of carbonyl (C=O) groups excluding carboxylic acids is 1. The van der Waals surface area contributed by atoms with Crippen LogP contribution in [0.4, 0.5) is 0 Å². The van der Waals surface area contributed by atoms with E-state index in [2.05, 4.69) is 34.8 Å². The van der Waals surface area contributed by atoms with Crippen molar-refractivity contribution in [2.24, 2.45) is 5.92 Å². The SMILES string of the molecule is CC(C)Cn1c(SCC(=O)N2CCOC(C)C2)nc2ccc(Br)cc2c1=O. The highest BCUT2D eigenvalue weighted by atomic mass is 79.9. The lowest BCUT2D eigenvalue weighted by Gasteiger charge is -2.31. The standard InChI is InChI=1S/C19H24BrN3O3S/c1-12(2)9-23-18(25)15-8-14(20)4-5-16(15)21-19(23)27-11-17(24)22-6-7-26-13(3)10-22/h4-5,8,12-13H,6-7,9-11H2,1-3H3. The molecular weight excluding hydrogens is 430 g/mol. The number of hydrogen-bond acceptors (Lipinski definition) is 5. The summed E-state index contributed by atoms with van der Waals surface area (Å²) in [4.78, 5) is 32.1. The molecule has 0 saturated carbocycles. The molecule has 2 heterocycles. The Kier molecular flexibility index (Phi) is 6.60. The number of ether oxygens (including phenoxy) is 1. The molecule has 1 aromatic heterocycles. The third-order valence-electron chi connectivity index (χ3n) is 4.35. The van der Waals surface area contributed by atoms with Gasteiger partial charge in [0.05, 0.1) is 29.4 Å². The first-order valence-corrected chi connectivity index (χ1v) is 10.8. The maximum absolute atomic E-state index is 13.0. The van der Waals surface area contributed by atoms with Crippen LogP contribution >= 0.6 is 27.7 Å². The van der Waals surface area contributed by atoms with Crippen molar-refractivity contribution in [3.63, 3.8) is 0 Å². The summed E-state index contributed by atoms with van der Waals surface area (Å²) in [5.74, 6) is 0.611. The highest BCUT2D eigenvalue weighted by molar-refractivity contribution is 9.10. The summed E-state index contributed by atoms with van der Waals surface area (Å²) < 4.78 is 8.04. The molecular formula is C19H24BrN3O3S. The highest BCUT2D eigenvalue weighted by Gasteiger charge is 2.22. The van der Waals surface area contributed by atoms with Gasteiger partial charge in [0.25, 0.3) is 5.56 Å².